The van der Waals surface area contributed by atoms with E-state index in [4.69, 9.17) is 4.74 Å². The van der Waals surface area contributed by atoms with Crippen LogP contribution in [0.4, 0.5) is 4.39 Å². The van der Waals surface area contributed by atoms with E-state index in [0.29, 0.717) is 18.4 Å². The van der Waals surface area contributed by atoms with Crippen LogP contribution >= 0.6 is 0 Å². The Morgan fingerprint density at radius 2 is 2.14 bits per heavy atom. The summed E-state index contributed by atoms with van der Waals surface area (Å²) in [6, 6.07) is 9.12. The van der Waals surface area contributed by atoms with Gasteiger partial charge in [0.05, 0.1) is 6.04 Å². The molecule has 0 amide bonds. The van der Waals surface area contributed by atoms with Crippen LogP contribution in [0, 0.1) is 11.7 Å². The summed E-state index contributed by atoms with van der Waals surface area (Å²) in [6.45, 7) is 2.96. The maximum Gasteiger partial charge on any atom is 0.127 e. The first-order valence-electron chi connectivity index (χ1n) is 7.86. The van der Waals surface area contributed by atoms with Gasteiger partial charge < -0.3 is 4.74 Å². The molecule has 2 fully saturated rings. The average molecular weight is 298 g/mol. The molecule has 2 atom stereocenters. The quantitative estimate of drug-likeness (QED) is 0.765. The van der Waals surface area contributed by atoms with Crippen molar-refractivity contribution < 1.29 is 9.13 Å². The SMILES string of the molecule is Fc1cc(OCC2CN2CC2CC2)cc(-c2cccnc2)c1. The molecule has 0 N–H and O–H groups in total. The number of pyridine rings is 1. The molecule has 2 heterocycles. The van der Waals surface area contributed by atoms with E-state index in [9.17, 15) is 4.39 Å². The fourth-order valence-electron chi connectivity index (χ4n) is 2.78. The molecule has 1 aromatic carbocycles. The smallest absolute Gasteiger partial charge is 0.127 e. The van der Waals surface area contributed by atoms with Gasteiger partial charge in [0.15, 0.2) is 0 Å². The lowest BCUT2D eigenvalue weighted by molar-refractivity contribution is 0.291. The van der Waals surface area contributed by atoms with E-state index in [-0.39, 0.29) is 5.82 Å². The molecular weight excluding hydrogens is 279 g/mol. The number of hydrogen-bond acceptors (Lipinski definition) is 3. The van der Waals surface area contributed by atoms with Gasteiger partial charge in [-0.15, -0.1) is 0 Å². The number of halogens is 1. The average Bonchev–Trinajstić information content (AvgIpc) is 3.45. The Hall–Kier alpha value is -1.94. The van der Waals surface area contributed by atoms with Gasteiger partial charge in [-0.05, 0) is 42.5 Å². The van der Waals surface area contributed by atoms with Gasteiger partial charge in [-0.25, -0.2) is 4.39 Å². The fourth-order valence-corrected chi connectivity index (χ4v) is 2.78. The minimum absolute atomic E-state index is 0.276. The highest BCUT2D eigenvalue weighted by Crippen LogP contribution is 2.34. The number of hydrogen-bond donors (Lipinski definition) is 0. The van der Waals surface area contributed by atoms with Crippen molar-refractivity contribution in [2.75, 3.05) is 19.7 Å². The van der Waals surface area contributed by atoms with E-state index < -0.39 is 0 Å². The molecule has 3 nitrogen and oxygen atoms in total. The molecule has 1 aliphatic carbocycles. The molecule has 4 heteroatoms. The summed E-state index contributed by atoms with van der Waals surface area (Å²) in [5.41, 5.74) is 1.70. The predicted octanol–water partition coefficient (Wildman–Crippen LogP) is 3.36. The second-order valence-electron chi connectivity index (χ2n) is 6.28. The molecule has 22 heavy (non-hydrogen) atoms. The zero-order chi connectivity index (χ0) is 14.9. The minimum Gasteiger partial charge on any atom is -0.492 e. The van der Waals surface area contributed by atoms with Crippen LogP contribution in [-0.4, -0.2) is 35.6 Å². The van der Waals surface area contributed by atoms with Gasteiger partial charge in [-0.3, -0.25) is 9.88 Å². The van der Waals surface area contributed by atoms with Crippen molar-refractivity contribution in [3.05, 3.63) is 48.5 Å². The first-order chi connectivity index (χ1) is 10.8. The molecule has 4 rings (SSSR count). The highest BCUT2D eigenvalue weighted by Gasteiger charge is 2.38. The topological polar surface area (TPSA) is 25.1 Å². The summed E-state index contributed by atoms with van der Waals surface area (Å²) < 4.78 is 19.6. The van der Waals surface area contributed by atoms with Crippen molar-refractivity contribution in [2.45, 2.75) is 18.9 Å². The lowest BCUT2D eigenvalue weighted by Crippen LogP contribution is -2.12. The fraction of sp³-hybridized carbons (Fsp3) is 0.389. The molecule has 1 aliphatic heterocycles. The van der Waals surface area contributed by atoms with Crippen molar-refractivity contribution >= 4 is 0 Å². The number of aromatic nitrogens is 1. The molecule has 1 saturated heterocycles. The summed E-state index contributed by atoms with van der Waals surface area (Å²) in [4.78, 5) is 6.52. The summed E-state index contributed by atoms with van der Waals surface area (Å²) in [6.07, 6.45) is 6.20. The van der Waals surface area contributed by atoms with E-state index >= 15 is 0 Å². The number of ether oxygens (including phenoxy) is 1. The van der Waals surface area contributed by atoms with E-state index in [1.54, 1.807) is 12.4 Å². The third-order valence-electron chi connectivity index (χ3n) is 4.33. The van der Waals surface area contributed by atoms with Crippen LogP contribution in [0.25, 0.3) is 11.1 Å². The Morgan fingerprint density at radius 3 is 2.91 bits per heavy atom. The Balaban J connectivity index is 1.40. The normalized spacial score (nSPS) is 23.3. The first-order valence-corrected chi connectivity index (χ1v) is 7.86. The number of nitrogens with zero attached hydrogens (tertiary/aromatic N) is 2. The molecule has 0 bridgehead atoms. The zero-order valence-corrected chi connectivity index (χ0v) is 12.4. The third kappa shape index (κ3) is 3.28. The number of rotatable bonds is 6. The van der Waals surface area contributed by atoms with E-state index in [0.717, 1.165) is 23.6 Å². The van der Waals surface area contributed by atoms with Crippen LogP contribution in [0.2, 0.25) is 0 Å². The largest absolute Gasteiger partial charge is 0.492 e. The summed E-state index contributed by atoms with van der Waals surface area (Å²) in [5, 5.41) is 0. The minimum atomic E-state index is -0.276. The van der Waals surface area contributed by atoms with Crippen LogP contribution in [0.3, 0.4) is 0 Å². The van der Waals surface area contributed by atoms with Crippen LogP contribution in [0.5, 0.6) is 5.75 Å². The first kappa shape index (κ1) is 13.7. The maximum absolute atomic E-state index is 13.8. The van der Waals surface area contributed by atoms with Gasteiger partial charge in [0.1, 0.15) is 18.2 Å². The van der Waals surface area contributed by atoms with Gasteiger partial charge in [0, 0.05) is 37.1 Å². The molecule has 2 aliphatic rings. The Labute approximate surface area is 129 Å². The molecule has 0 spiro atoms. The highest BCUT2D eigenvalue weighted by molar-refractivity contribution is 5.64. The van der Waals surface area contributed by atoms with E-state index in [2.05, 4.69) is 9.88 Å². The Morgan fingerprint density at radius 1 is 1.23 bits per heavy atom. The summed E-state index contributed by atoms with van der Waals surface area (Å²) >= 11 is 0. The lowest BCUT2D eigenvalue weighted by Gasteiger charge is -2.09. The zero-order valence-electron chi connectivity index (χ0n) is 12.4. The van der Waals surface area contributed by atoms with Crippen molar-refractivity contribution in [2.24, 2.45) is 5.92 Å². The van der Waals surface area contributed by atoms with Gasteiger partial charge in [-0.2, -0.15) is 0 Å². The Bertz CT molecular complexity index is 657. The van der Waals surface area contributed by atoms with Gasteiger partial charge >= 0.3 is 0 Å². The second kappa shape index (κ2) is 5.69. The van der Waals surface area contributed by atoms with Crippen LogP contribution in [0.1, 0.15) is 12.8 Å². The molecule has 1 aromatic heterocycles. The van der Waals surface area contributed by atoms with Gasteiger partial charge in [0.2, 0.25) is 0 Å². The van der Waals surface area contributed by atoms with Crippen molar-refractivity contribution in [1.82, 2.24) is 9.88 Å². The van der Waals surface area contributed by atoms with Gasteiger partial charge in [-0.1, -0.05) is 6.07 Å². The molecule has 114 valence electrons. The van der Waals surface area contributed by atoms with Crippen molar-refractivity contribution in [3.8, 4) is 16.9 Å². The van der Waals surface area contributed by atoms with E-state index in [1.807, 2.05) is 18.2 Å². The van der Waals surface area contributed by atoms with Crippen LogP contribution < -0.4 is 4.74 Å². The van der Waals surface area contributed by atoms with E-state index in [1.165, 1.54) is 31.5 Å². The molecule has 1 saturated carbocycles. The standard InChI is InChI=1S/C18H19FN2O/c19-16-6-15(14-2-1-5-20-9-14)7-18(8-16)22-12-17-11-21(17)10-13-3-4-13/h1-2,5-9,13,17H,3-4,10-12H2. The molecule has 2 unspecified atom stereocenters. The summed E-state index contributed by atoms with van der Waals surface area (Å²) in [7, 11) is 0. The second-order valence-corrected chi connectivity index (χ2v) is 6.28. The van der Waals surface area contributed by atoms with Crippen LogP contribution in [0.15, 0.2) is 42.7 Å². The lowest BCUT2D eigenvalue weighted by atomic mass is 10.1. The number of benzene rings is 1. The molecular formula is C18H19FN2O. The van der Waals surface area contributed by atoms with Crippen LogP contribution in [-0.2, 0) is 0 Å². The molecule has 0 radical (unpaired) electrons. The highest BCUT2D eigenvalue weighted by atomic mass is 19.1. The Kier molecular flexibility index (Phi) is 3.54. The maximum atomic E-state index is 13.8. The summed E-state index contributed by atoms with van der Waals surface area (Å²) in [5.74, 6) is 1.23. The molecule has 2 aromatic rings. The third-order valence-corrected chi connectivity index (χ3v) is 4.33. The monoisotopic (exact) mass is 298 g/mol. The van der Waals surface area contributed by atoms with Crippen molar-refractivity contribution in [3.63, 3.8) is 0 Å². The van der Waals surface area contributed by atoms with Gasteiger partial charge in [0.25, 0.3) is 0 Å². The van der Waals surface area contributed by atoms with Crippen molar-refractivity contribution in [1.29, 1.82) is 0 Å². The predicted molar refractivity (Wildman–Crippen MR) is 83.2 cm³/mol.